The maximum atomic E-state index is 14.1. The molecule has 0 aromatic heterocycles. The Bertz CT molecular complexity index is 1960. The number of amides is 9. The Hall–Kier alpha value is -6.48. The molecule has 1 aliphatic heterocycles. The molecule has 1 aromatic carbocycles. The summed E-state index contributed by atoms with van der Waals surface area (Å²) in [4.78, 5) is 133. The molecule has 0 unspecified atom stereocenters. The maximum Gasteiger partial charge on any atom is 0.328 e. The number of phenols is 1. The first-order valence-corrected chi connectivity index (χ1v) is 23.8. The molecule has 9 atom stereocenters. The maximum absolute atomic E-state index is 14.1. The van der Waals surface area contributed by atoms with Crippen LogP contribution in [0.1, 0.15) is 84.1 Å². The van der Waals surface area contributed by atoms with Gasteiger partial charge in [0.2, 0.25) is 53.2 Å². The fourth-order valence-corrected chi connectivity index (χ4v) is 7.41. The van der Waals surface area contributed by atoms with Crippen LogP contribution in [0.15, 0.2) is 24.3 Å². The second-order valence-electron chi connectivity index (χ2n) is 17.3. The lowest BCUT2D eigenvalue weighted by Gasteiger charge is -2.29. The van der Waals surface area contributed by atoms with Gasteiger partial charge in [0.25, 0.3) is 0 Å². The third-order valence-electron chi connectivity index (χ3n) is 11.8. The fourth-order valence-electron chi connectivity index (χ4n) is 7.41. The third-order valence-corrected chi connectivity index (χ3v) is 11.8. The Morgan fingerprint density at radius 2 is 1.17 bits per heavy atom. The number of likely N-dealkylation sites (tertiary alicyclic amines) is 1. The molecule has 2 rings (SSSR count). The molecule has 0 saturated carbocycles. The number of nitrogens with two attached hydrogens (primary N) is 3. The molecule has 1 heterocycles. The molecule has 18 N–H and O–H groups in total. The van der Waals surface area contributed by atoms with Crippen LogP contribution >= 0.6 is 0 Å². The normalized spacial score (nSPS) is 16.6. The van der Waals surface area contributed by atoms with Crippen LogP contribution in [0.25, 0.3) is 0 Å². The zero-order chi connectivity index (χ0) is 53.2. The monoisotopic (exact) mass is 1010 g/mol. The minimum atomic E-state index is -1.69. The predicted molar refractivity (Wildman–Crippen MR) is 255 cm³/mol. The number of hydrogen-bond donors (Lipinski definition) is 15. The molecule has 1 fully saturated rings. The van der Waals surface area contributed by atoms with E-state index in [4.69, 9.17) is 17.2 Å². The fraction of sp³-hybridized carbons (Fsp3) is 0.644. The van der Waals surface area contributed by atoms with E-state index in [9.17, 15) is 68.4 Å². The molecular weight excluding hydrogens is 933 g/mol. The minimum absolute atomic E-state index is 0.0109. The van der Waals surface area contributed by atoms with Crippen molar-refractivity contribution in [1.82, 2.24) is 47.4 Å². The van der Waals surface area contributed by atoms with E-state index in [2.05, 4.69) is 42.5 Å². The Morgan fingerprint density at radius 3 is 1.68 bits per heavy atom. The number of unbranched alkanes of at least 4 members (excludes halogenated alkanes) is 2. The summed E-state index contributed by atoms with van der Waals surface area (Å²) in [7, 11) is 0. The molecule has 1 saturated heterocycles. The molecule has 1 aliphatic rings. The molecule has 1 aromatic rings. The van der Waals surface area contributed by atoms with Gasteiger partial charge in [0, 0.05) is 13.0 Å². The van der Waals surface area contributed by atoms with E-state index >= 15 is 0 Å². The lowest BCUT2D eigenvalue weighted by molar-refractivity contribution is -0.143. The predicted octanol–water partition coefficient (Wildman–Crippen LogP) is -5.21. The number of aliphatic hydroxyl groups is 2. The summed E-state index contributed by atoms with van der Waals surface area (Å²) in [5, 5.41) is 58.7. The summed E-state index contributed by atoms with van der Waals surface area (Å²) >= 11 is 0. The highest BCUT2D eigenvalue weighted by molar-refractivity contribution is 5.98. The van der Waals surface area contributed by atoms with Crippen LogP contribution in [0.3, 0.4) is 0 Å². The van der Waals surface area contributed by atoms with E-state index < -0.39 is 133 Å². The second-order valence-corrected chi connectivity index (χ2v) is 17.3. The number of carboxylic acids is 1. The van der Waals surface area contributed by atoms with Crippen molar-refractivity contribution >= 4 is 59.1 Å². The van der Waals surface area contributed by atoms with Crippen molar-refractivity contribution in [3.05, 3.63) is 29.8 Å². The van der Waals surface area contributed by atoms with E-state index in [0.29, 0.717) is 57.1 Å². The molecular formula is C45H74N12O14. The Kier molecular flexibility index (Phi) is 27.1. The van der Waals surface area contributed by atoms with Crippen molar-refractivity contribution in [2.45, 2.75) is 133 Å². The van der Waals surface area contributed by atoms with Gasteiger partial charge in [-0.3, -0.25) is 43.2 Å². The van der Waals surface area contributed by atoms with Gasteiger partial charge in [-0.15, -0.1) is 0 Å². The van der Waals surface area contributed by atoms with Crippen LogP contribution in [-0.4, -0.2) is 179 Å². The van der Waals surface area contributed by atoms with Crippen molar-refractivity contribution < 1.29 is 68.4 Å². The summed E-state index contributed by atoms with van der Waals surface area (Å²) < 4.78 is 0. The van der Waals surface area contributed by atoms with Crippen LogP contribution in [0.2, 0.25) is 0 Å². The number of benzene rings is 1. The summed E-state index contributed by atoms with van der Waals surface area (Å²) in [6, 6.07) is -5.14. The van der Waals surface area contributed by atoms with Gasteiger partial charge in [0.1, 0.15) is 54.1 Å². The minimum Gasteiger partial charge on any atom is -0.508 e. The summed E-state index contributed by atoms with van der Waals surface area (Å²) in [5.74, 6) is -9.37. The van der Waals surface area contributed by atoms with Gasteiger partial charge < -0.3 is 85.1 Å². The molecule has 0 bridgehead atoms. The third kappa shape index (κ3) is 20.4. The number of nitrogens with zero attached hydrogens (tertiary/aromatic N) is 1. The highest BCUT2D eigenvalue weighted by Crippen LogP contribution is 2.18. The van der Waals surface area contributed by atoms with E-state index in [1.165, 1.54) is 36.1 Å². The second kappa shape index (κ2) is 31.7. The number of carbonyl (C=O) groups excluding carboxylic acids is 9. The van der Waals surface area contributed by atoms with Gasteiger partial charge in [-0.05, 0) is 95.0 Å². The Morgan fingerprint density at radius 1 is 0.662 bits per heavy atom. The highest BCUT2D eigenvalue weighted by Gasteiger charge is 2.36. The van der Waals surface area contributed by atoms with Crippen LogP contribution in [0.4, 0.5) is 0 Å². The van der Waals surface area contributed by atoms with Gasteiger partial charge >= 0.3 is 5.97 Å². The van der Waals surface area contributed by atoms with Gasteiger partial charge in [0.15, 0.2) is 0 Å². The number of phenolic OH excluding ortho intramolecular Hbond substituents is 1. The van der Waals surface area contributed by atoms with Gasteiger partial charge in [-0.25, -0.2) is 4.79 Å². The van der Waals surface area contributed by atoms with Crippen LogP contribution < -0.4 is 59.7 Å². The number of aliphatic hydroxyl groups excluding tert-OH is 2. The highest BCUT2D eigenvalue weighted by atomic mass is 16.4. The summed E-state index contributed by atoms with van der Waals surface area (Å²) in [6.45, 7) is 2.80. The van der Waals surface area contributed by atoms with Crippen molar-refractivity contribution in [1.29, 1.82) is 0 Å². The number of rotatable bonds is 32. The number of hydrogen-bond acceptors (Lipinski definition) is 16. The summed E-state index contributed by atoms with van der Waals surface area (Å²) in [6.07, 6.45) is 2.63. The lowest BCUT2D eigenvalue weighted by atomic mass is 9.96. The summed E-state index contributed by atoms with van der Waals surface area (Å²) in [5.41, 5.74) is 17.2. The first kappa shape index (κ1) is 60.6. The zero-order valence-electron chi connectivity index (χ0n) is 40.6. The smallest absolute Gasteiger partial charge is 0.328 e. The van der Waals surface area contributed by atoms with Crippen molar-refractivity contribution in [3.8, 4) is 5.75 Å². The quantitative estimate of drug-likeness (QED) is 0.0300. The topological polar surface area (TPSA) is 429 Å². The number of nitrogens with one attached hydrogen (secondary N) is 8. The standard InChI is InChI=1S/C45H74N12O14/c1-4-25(2)37(44(69)54-32(23-58)42(67)52-29(10-5-7-17-46)39(64)51-30(11-6-8-18-47)40(65)55-33(24-59)45(70)71)56-41(66)31(20-27-13-15-28(60)16-14-27)53-38(63)26(3)50-35(61)22-49-43(68)34-12-9-19-57(34)36(62)21-48/h13-16,25-26,29-34,37,58-60H,4-12,17-24,46-48H2,1-3H3,(H,49,68)(H,50,61)(H,51,64)(H,52,67)(H,53,63)(H,54,69)(H,55,65)(H,56,66)(H,70,71)/t25-,26-,29-,30-,31-,32-,33-,34-,37-/m0/s1. The van der Waals surface area contributed by atoms with Crippen molar-refractivity contribution in [2.24, 2.45) is 23.1 Å². The first-order valence-electron chi connectivity index (χ1n) is 23.8. The van der Waals surface area contributed by atoms with Crippen LogP contribution in [0.5, 0.6) is 5.75 Å². The molecule has 26 heteroatoms. The first-order chi connectivity index (χ1) is 33.7. The number of carbonyl (C=O) groups is 10. The lowest BCUT2D eigenvalue weighted by Crippen LogP contribution is -2.61. The van der Waals surface area contributed by atoms with Gasteiger partial charge in [-0.2, -0.15) is 0 Å². The van der Waals surface area contributed by atoms with E-state index in [1.807, 2.05) is 0 Å². The Balaban J connectivity index is 2.27. The SMILES string of the molecule is CC[C@H](C)[C@H](NC(=O)[C@H](Cc1ccc(O)cc1)NC(=O)[C@H](C)NC(=O)CNC(=O)[C@@H]1CCCN1C(=O)CN)C(=O)N[C@@H](CO)C(=O)N[C@@H](CCCCN)C(=O)N[C@@H](CCCCN)C(=O)N[C@@H](CO)C(=O)O. The zero-order valence-corrected chi connectivity index (χ0v) is 40.6. The van der Waals surface area contributed by atoms with E-state index in [-0.39, 0.29) is 44.6 Å². The van der Waals surface area contributed by atoms with Crippen LogP contribution in [-0.2, 0) is 54.4 Å². The number of carboxylic acid groups (broad SMARTS) is 1. The van der Waals surface area contributed by atoms with Crippen molar-refractivity contribution in [3.63, 3.8) is 0 Å². The molecule has 26 nitrogen and oxygen atoms in total. The molecule has 398 valence electrons. The number of aromatic hydroxyl groups is 1. The van der Waals surface area contributed by atoms with E-state index in [0.717, 1.165) is 0 Å². The molecule has 0 spiro atoms. The van der Waals surface area contributed by atoms with Gasteiger partial charge in [0.05, 0.1) is 26.3 Å². The van der Waals surface area contributed by atoms with Crippen LogP contribution in [0, 0.1) is 5.92 Å². The average Bonchev–Trinajstić information content (AvgIpc) is 3.85. The van der Waals surface area contributed by atoms with Gasteiger partial charge in [-0.1, -0.05) is 32.4 Å². The number of aliphatic carboxylic acids is 1. The molecule has 0 aliphatic carbocycles. The van der Waals surface area contributed by atoms with E-state index in [1.54, 1.807) is 13.8 Å². The average molecular weight is 1010 g/mol. The molecule has 0 radical (unpaired) electrons. The Labute approximate surface area is 412 Å². The molecule has 9 amide bonds. The van der Waals surface area contributed by atoms with Crippen molar-refractivity contribution in [2.75, 3.05) is 45.9 Å². The largest absolute Gasteiger partial charge is 0.508 e. The molecule has 71 heavy (non-hydrogen) atoms.